The Morgan fingerprint density at radius 1 is 1.33 bits per heavy atom. The van der Waals surface area contributed by atoms with E-state index in [1.807, 2.05) is 42.5 Å². The molecule has 0 aliphatic carbocycles. The fourth-order valence-corrected chi connectivity index (χ4v) is 3.46. The molecule has 0 saturated carbocycles. The van der Waals surface area contributed by atoms with Crippen LogP contribution in [0.4, 0.5) is 4.79 Å². The average molecular weight is 318 g/mol. The lowest BCUT2D eigenvalue weighted by molar-refractivity contribution is -0.0536. The van der Waals surface area contributed by atoms with E-state index < -0.39 is 12.1 Å². The molecule has 2 rings (SSSR count). The quantitative estimate of drug-likeness (QED) is 0.518. The zero-order valence-electron chi connectivity index (χ0n) is 11.3. The van der Waals surface area contributed by atoms with Gasteiger partial charge in [-0.3, -0.25) is 5.21 Å². The summed E-state index contributed by atoms with van der Waals surface area (Å²) in [7, 11) is 0. The van der Waals surface area contributed by atoms with Gasteiger partial charge >= 0.3 is 6.03 Å². The molecule has 1 atom stereocenters. The number of nitrogens with zero attached hydrogens (tertiary/aromatic N) is 1. The Hall–Kier alpha value is -1.94. The van der Waals surface area contributed by atoms with Crippen molar-refractivity contribution in [2.45, 2.75) is 22.1 Å². The van der Waals surface area contributed by atoms with Crippen LogP contribution in [0.1, 0.15) is 11.8 Å². The Morgan fingerprint density at radius 3 is 2.71 bits per heavy atom. The number of hydrogen-bond acceptors (Lipinski definition) is 4. The highest BCUT2D eigenvalue weighted by atomic mass is 32.2. The van der Waals surface area contributed by atoms with E-state index in [4.69, 9.17) is 5.73 Å². The minimum Gasteiger partial charge on any atom is -0.350 e. The maximum absolute atomic E-state index is 10.8. The Bertz CT molecular complexity index is 674. The van der Waals surface area contributed by atoms with Gasteiger partial charge in [-0.1, -0.05) is 41.8 Å². The van der Waals surface area contributed by atoms with Crippen LogP contribution in [-0.2, 0) is 0 Å². The molecule has 0 aliphatic rings. The van der Waals surface area contributed by atoms with Crippen LogP contribution < -0.4 is 5.73 Å². The number of nitrogens with two attached hydrogens (primary N) is 1. The van der Waals surface area contributed by atoms with Crippen molar-refractivity contribution in [2.75, 3.05) is 0 Å². The molecule has 0 bridgehead atoms. The summed E-state index contributed by atoms with van der Waals surface area (Å²) in [6, 6.07) is 12.4. The minimum atomic E-state index is -0.914. The van der Waals surface area contributed by atoms with Crippen molar-refractivity contribution in [3.05, 3.63) is 47.3 Å². The van der Waals surface area contributed by atoms with Crippen LogP contribution >= 0.6 is 23.1 Å². The maximum Gasteiger partial charge on any atom is 0.339 e. The summed E-state index contributed by atoms with van der Waals surface area (Å²) in [5.41, 5.74) is 4.96. The van der Waals surface area contributed by atoms with Gasteiger partial charge in [0.1, 0.15) is 6.04 Å². The van der Waals surface area contributed by atoms with Gasteiger partial charge in [-0.15, -0.1) is 11.3 Å². The van der Waals surface area contributed by atoms with Crippen molar-refractivity contribution in [2.24, 2.45) is 5.73 Å². The molecule has 4 nitrogen and oxygen atoms in total. The summed E-state index contributed by atoms with van der Waals surface area (Å²) in [6.07, 6.45) is 0. The molecule has 1 unspecified atom stereocenters. The van der Waals surface area contributed by atoms with Crippen LogP contribution in [0.5, 0.6) is 0 Å². The highest BCUT2D eigenvalue weighted by Crippen LogP contribution is 2.32. The lowest BCUT2D eigenvalue weighted by Crippen LogP contribution is -2.38. The summed E-state index contributed by atoms with van der Waals surface area (Å²) in [5.74, 6) is 5.72. The zero-order chi connectivity index (χ0) is 15.2. The fourth-order valence-electron chi connectivity index (χ4n) is 1.47. The van der Waals surface area contributed by atoms with Crippen LogP contribution in [0, 0.1) is 11.8 Å². The molecule has 0 radical (unpaired) electrons. The molecular formula is C15H14N2O2S2. The van der Waals surface area contributed by atoms with E-state index in [1.54, 1.807) is 30.0 Å². The average Bonchev–Trinajstić information content (AvgIpc) is 2.92. The van der Waals surface area contributed by atoms with Gasteiger partial charge < -0.3 is 5.73 Å². The SMILES string of the molecule is CC(C#Cc1ccc(Sc2ccccc2)s1)N(O)C(N)=O. The second kappa shape index (κ2) is 7.18. The van der Waals surface area contributed by atoms with E-state index in [0.717, 1.165) is 9.09 Å². The molecule has 0 saturated heterocycles. The van der Waals surface area contributed by atoms with E-state index in [0.29, 0.717) is 5.06 Å². The number of rotatable bonds is 3. The minimum absolute atomic E-state index is 0.417. The number of primary amides is 1. The van der Waals surface area contributed by atoms with E-state index in [1.165, 1.54) is 4.90 Å². The first-order chi connectivity index (χ1) is 10.1. The number of thiophene rings is 1. The van der Waals surface area contributed by atoms with Gasteiger partial charge in [-0.05, 0) is 31.2 Å². The van der Waals surface area contributed by atoms with Crippen LogP contribution in [0.2, 0.25) is 0 Å². The van der Waals surface area contributed by atoms with Crippen molar-refractivity contribution >= 4 is 29.1 Å². The van der Waals surface area contributed by atoms with Gasteiger partial charge in [0.15, 0.2) is 0 Å². The number of carbonyl (C=O) groups is 1. The van der Waals surface area contributed by atoms with Crippen molar-refractivity contribution in [3.8, 4) is 11.8 Å². The highest BCUT2D eigenvalue weighted by molar-refractivity contribution is 8.01. The van der Waals surface area contributed by atoms with Gasteiger partial charge in [0.05, 0.1) is 9.09 Å². The van der Waals surface area contributed by atoms with Crippen molar-refractivity contribution < 1.29 is 10.0 Å². The van der Waals surface area contributed by atoms with E-state index in [2.05, 4.69) is 11.8 Å². The number of amides is 2. The maximum atomic E-state index is 10.8. The topological polar surface area (TPSA) is 66.6 Å². The Kier molecular flexibility index (Phi) is 5.28. The molecule has 6 heteroatoms. The molecule has 21 heavy (non-hydrogen) atoms. The third-order valence-corrected chi connectivity index (χ3v) is 4.68. The van der Waals surface area contributed by atoms with Gasteiger partial charge in [0.25, 0.3) is 0 Å². The Labute approximate surface area is 131 Å². The number of carbonyl (C=O) groups excluding carboxylic acids is 1. The van der Waals surface area contributed by atoms with Crippen molar-refractivity contribution in [1.82, 2.24) is 5.06 Å². The van der Waals surface area contributed by atoms with Gasteiger partial charge in [0.2, 0.25) is 0 Å². The molecule has 2 amide bonds. The highest BCUT2D eigenvalue weighted by Gasteiger charge is 2.11. The smallest absolute Gasteiger partial charge is 0.339 e. The van der Waals surface area contributed by atoms with Gasteiger partial charge in [-0.25, -0.2) is 4.79 Å². The molecule has 1 aromatic carbocycles. The second-order valence-corrected chi connectivity index (χ2v) is 6.62. The van der Waals surface area contributed by atoms with Crippen LogP contribution in [-0.4, -0.2) is 22.3 Å². The fraction of sp³-hybridized carbons (Fsp3) is 0.133. The normalized spacial score (nSPS) is 11.3. The summed E-state index contributed by atoms with van der Waals surface area (Å²) in [4.78, 5) is 12.8. The van der Waals surface area contributed by atoms with E-state index in [9.17, 15) is 10.0 Å². The third-order valence-electron chi connectivity index (χ3n) is 2.54. The largest absolute Gasteiger partial charge is 0.350 e. The number of hydrogen-bond donors (Lipinski definition) is 2. The van der Waals surface area contributed by atoms with Crippen LogP contribution in [0.3, 0.4) is 0 Å². The molecule has 2 aromatic rings. The predicted molar refractivity (Wildman–Crippen MR) is 84.4 cm³/mol. The van der Waals surface area contributed by atoms with Gasteiger partial charge in [0, 0.05) is 4.90 Å². The van der Waals surface area contributed by atoms with Crippen molar-refractivity contribution in [1.29, 1.82) is 0 Å². The standard InChI is InChI=1S/C15H14N2O2S2/c1-11(17(19)15(16)18)7-8-13-9-10-14(21-13)20-12-5-3-2-4-6-12/h2-6,9-11,19H,1H3,(H2,16,18). The lowest BCUT2D eigenvalue weighted by atomic mass is 10.3. The first-order valence-electron chi connectivity index (χ1n) is 6.18. The van der Waals surface area contributed by atoms with Gasteiger partial charge in [-0.2, -0.15) is 5.06 Å². The molecular weight excluding hydrogens is 304 g/mol. The molecule has 1 aromatic heterocycles. The molecule has 3 N–H and O–H groups in total. The third kappa shape index (κ3) is 4.53. The summed E-state index contributed by atoms with van der Waals surface area (Å²) < 4.78 is 1.13. The molecule has 0 aliphatic heterocycles. The second-order valence-electron chi connectivity index (χ2n) is 4.16. The first-order valence-corrected chi connectivity index (χ1v) is 7.81. The molecule has 1 heterocycles. The van der Waals surface area contributed by atoms with Crippen LogP contribution in [0.25, 0.3) is 0 Å². The van der Waals surface area contributed by atoms with Crippen LogP contribution in [0.15, 0.2) is 51.6 Å². The first kappa shape index (κ1) is 15.4. The number of urea groups is 1. The predicted octanol–water partition coefficient (Wildman–Crippen LogP) is 3.41. The van der Waals surface area contributed by atoms with Crippen molar-refractivity contribution in [3.63, 3.8) is 0 Å². The van der Waals surface area contributed by atoms with E-state index in [-0.39, 0.29) is 0 Å². The summed E-state index contributed by atoms with van der Waals surface area (Å²) in [5, 5.41) is 9.75. The molecule has 0 spiro atoms. The zero-order valence-corrected chi connectivity index (χ0v) is 12.9. The summed E-state index contributed by atoms with van der Waals surface area (Å²) >= 11 is 3.23. The van der Waals surface area contributed by atoms with E-state index >= 15 is 0 Å². The molecule has 0 fully saturated rings. The summed E-state index contributed by atoms with van der Waals surface area (Å²) in [6.45, 7) is 1.60. The Morgan fingerprint density at radius 2 is 2.05 bits per heavy atom. The lowest BCUT2D eigenvalue weighted by Gasteiger charge is -2.14. The Balaban J connectivity index is 2.02. The number of hydroxylamine groups is 2. The molecule has 108 valence electrons. The monoisotopic (exact) mass is 318 g/mol. The number of benzene rings is 1.